The first-order valence-electron chi connectivity index (χ1n) is 8.14. The number of rotatable bonds is 4. The minimum Gasteiger partial charge on any atom is -0.508 e. The summed E-state index contributed by atoms with van der Waals surface area (Å²) >= 11 is 0. The average Bonchev–Trinajstić information content (AvgIpc) is 3.20. The molecule has 0 atom stereocenters. The fourth-order valence-corrected chi connectivity index (χ4v) is 2.46. The molecule has 7 heteroatoms. The highest BCUT2D eigenvalue weighted by Crippen LogP contribution is 2.26. The van der Waals surface area contributed by atoms with Gasteiger partial charge in [-0.15, -0.1) is 10.2 Å². The third kappa shape index (κ3) is 3.67. The fraction of sp³-hybridized carbons (Fsp3) is 0. The second kappa shape index (κ2) is 7.09. The van der Waals surface area contributed by atoms with Crippen molar-refractivity contribution in [3.63, 3.8) is 0 Å². The number of amides is 1. The Labute approximate surface area is 154 Å². The van der Waals surface area contributed by atoms with Crippen LogP contribution in [0.2, 0.25) is 0 Å². The molecule has 0 aliphatic rings. The van der Waals surface area contributed by atoms with Gasteiger partial charge in [-0.3, -0.25) is 9.78 Å². The molecule has 0 saturated heterocycles. The van der Waals surface area contributed by atoms with E-state index < -0.39 is 0 Å². The first-order chi connectivity index (χ1) is 13.2. The van der Waals surface area contributed by atoms with Gasteiger partial charge in [0, 0.05) is 29.2 Å². The molecule has 0 unspecified atom stereocenters. The van der Waals surface area contributed by atoms with Gasteiger partial charge in [-0.05, 0) is 60.7 Å². The molecule has 27 heavy (non-hydrogen) atoms. The number of pyridine rings is 1. The number of phenolic OH excluding ortho intramolecular Hbond substituents is 1. The first-order valence-corrected chi connectivity index (χ1v) is 8.14. The van der Waals surface area contributed by atoms with Crippen LogP contribution in [0, 0.1) is 0 Å². The number of hydrogen-bond acceptors (Lipinski definition) is 6. The van der Waals surface area contributed by atoms with Gasteiger partial charge >= 0.3 is 0 Å². The maximum Gasteiger partial charge on any atom is 0.257 e. The molecule has 0 aliphatic carbocycles. The lowest BCUT2D eigenvalue weighted by Gasteiger charge is -2.05. The quantitative estimate of drug-likeness (QED) is 0.576. The number of anilines is 1. The lowest BCUT2D eigenvalue weighted by atomic mass is 10.2. The maximum absolute atomic E-state index is 12.1. The zero-order valence-electron chi connectivity index (χ0n) is 14.0. The molecule has 0 bridgehead atoms. The van der Waals surface area contributed by atoms with Crippen molar-refractivity contribution in [2.24, 2.45) is 0 Å². The summed E-state index contributed by atoms with van der Waals surface area (Å²) in [7, 11) is 0. The Balaban J connectivity index is 1.49. The number of phenols is 1. The molecule has 7 nitrogen and oxygen atoms in total. The summed E-state index contributed by atoms with van der Waals surface area (Å²) < 4.78 is 5.69. The number of hydrogen-bond donors (Lipinski definition) is 2. The number of aromatic nitrogens is 3. The van der Waals surface area contributed by atoms with Gasteiger partial charge in [0.25, 0.3) is 5.91 Å². The Morgan fingerprint density at radius 3 is 2.11 bits per heavy atom. The van der Waals surface area contributed by atoms with Crippen LogP contribution < -0.4 is 5.32 Å². The predicted octanol–water partition coefficient (Wildman–Crippen LogP) is 3.76. The van der Waals surface area contributed by atoms with Crippen molar-refractivity contribution in [2.75, 3.05) is 5.32 Å². The number of nitrogens with one attached hydrogen (secondary N) is 1. The molecular formula is C20H14N4O3. The molecule has 0 spiro atoms. The van der Waals surface area contributed by atoms with Crippen molar-refractivity contribution in [2.45, 2.75) is 0 Å². The fourth-order valence-electron chi connectivity index (χ4n) is 2.46. The van der Waals surface area contributed by atoms with Crippen LogP contribution in [0.15, 0.2) is 77.5 Å². The van der Waals surface area contributed by atoms with Crippen LogP contribution in [-0.2, 0) is 0 Å². The predicted molar refractivity (Wildman–Crippen MR) is 99.0 cm³/mol. The van der Waals surface area contributed by atoms with Crippen LogP contribution >= 0.6 is 0 Å². The SMILES string of the molecule is O=C(Nc1ccc(-c2nnc(-c3ccc(O)cc3)o2)cc1)c1cccnc1. The molecule has 132 valence electrons. The van der Waals surface area contributed by atoms with E-state index in [4.69, 9.17) is 4.42 Å². The van der Waals surface area contributed by atoms with Gasteiger partial charge in [0.15, 0.2) is 0 Å². The summed E-state index contributed by atoms with van der Waals surface area (Å²) in [5, 5.41) is 20.2. The van der Waals surface area contributed by atoms with Crippen molar-refractivity contribution >= 4 is 11.6 Å². The van der Waals surface area contributed by atoms with E-state index in [2.05, 4.69) is 20.5 Å². The van der Waals surface area contributed by atoms with Crippen LogP contribution in [-0.4, -0.2) is 26.2 Å². The van der Waals surface area contributed by atoms with E-state index in [0.717, 1.165) is 5.56 Å². The van der Waals surface area contributed by atoms with E-state index in [1.165, 1.54) is 6.20 Å². The number of carbonyl (C=O) groups is 1. The third-order valence-corrected chi connectivity index (χ3v) is 3.85. The Morgan fingerprint density at radius 2 is 1.52 bits per heavy atom. The zero-order chi connectivity index (χ0) is 18.6. The third-order valence-electron chi connectivity index (χ3n) is 3.85. The van der Waals surface area contributed by atoms with Crippen molar-refractivity contribution in [1.82, 2.24) is 15.2 Å². The molecular weight excluding hydrogens is 344 g/mol. The molecule has 2 heterocycles. The summed E-state index contributed by atoms with van der Waals surface area (Å²) in [6, 6.07) is 17.0. The molecule has 2 N–H and O–H groups in total. The minimum absolute atomic E-state index is 0.169. The normalized spacial score (nSPS) is 10.5. The summed E-state index contributed by atoms with van der Waals surface area (Å²) in [5.74, 6) is 0.660. The molecule has 1 amide bonds. The lowest BCUT2D eigenvalue weighted by molar-refractivity contribution is 0.102. The van der Waals surface area contributed by atoms with E-state index in [-0.39, 0.29) is 11.7 Å². The monoisotopic (exact) mass is 358 g/mol. The van der Waals surface area contributed by atoms with Crippen LogP contribution in [0.4, 0.5) is 5.69 Å². The van der Waals surface area contributed by atoms with E-state index in [0.29, 0.717) is 28.6 Å². The Hall–Kier alpha value is -4.00. The van der Waals surface area contributed by atoms with Gasteiger partial charge in [-0.2, -0.15) is 0 Å². The number of aromatic hydroxyl groups is 1. The smallest absolute Gasteiger partial charge is 0.257 e. The Morgan fingerprint density at radius 1 is 0.889 bits per heavy atom. The van der Waals surface area contributed by atoms with E-state index >= 15 is 0 Å². The van der Waals surface area contributed by atoms with Crippen molar-refractivity contribution < 1.29 is 14.3 Å². The highest BCUT2D eigenvalue weighted by atomic mass is 16.4. The summed E-state index contributed by atoms with van der Waals surface area (Å²) in [5.41, 5.74) is 2.57. The number of benzene rings is 2. The molecule has 0 aliphatic heterocycles. The van der Waals surface area contributed by atoms with Gasteiger partial charge in [0.05, 0.1) is 5.56 Å². The summed E-state index contributed by atoms with van der Waals surface area (Å²) in [4.78, 5) is 16.1. The highest BCUT2D eigenvalue weighted by molar-refractivity contribution is 6.04. The van der Waals surface area contributed by atoms with Gasteiger partial charge in [0.2, 0.25) is 11.8 Å². The molecule has 0 fully saturated rings. The molecule has 2 aromatic carbocycles. The Bertz CT molecular complexity index is 1060. The Kier molecular flexibility index (Phi) is 4.32. The maximum atomic E-state index is 12.1. The van der Waals surface area contributed by atoms with E-state index in [1.807, 2.05) is 0 Å². The second-order valence-corrected chi connectivity index (χ2v) is 5.73. The lowest BCUT2D eigenvalue weighted by Crippen LogP contribution is -2.11. The zero-order valence-corrected chi connectivity index (χ0v) is 14.0. The van der Waals surface area contributed by atoms with Gasteiger partial charge in [-0.25, -0.2) is 0 Å². The van der Waals surface area contributed by atoms with E-state index in [1.54, 1.807) is 66.9 Å². The average molecular weight is 358 g/mol. The standard InChI is InChI=1S/C20H14N4O3/c25-17-9-5-14(6-10-17)20-24-23-19(27-20)13-3-7-16(8-4-13)22-18(26)15-2-1-11-21-12-15/h1-12,25H,(H,22,26). The molecule has 2 aromatic heterocycles. The summed E-state index contributed by atoms with van der Waals surface area (Å²) in [6.45, 7) is 0. The number of nitrogens with zero attached hydrogens (tertiary/aromatic N) is 3. The number of carbonyl (C=O) groups excluding carboxylic acids is 1. The second-order valence-electron chi connectivity index (χ2n) is 5.73. The minimum atomic E-state index is -0.233. The topological polar surface area (TPSA) is 101 Å². The largest absolute Gasteiger partial charge is 0.508 e. The molecule has 0 radical (unpaired) electrons. The molecule has 0 saturated carbocycles. The van der Waals surface area contributed by atoms with Crippen LogP contribution in [0.1, 0.15) is 10.4 Å². The first kappa shape index (κ1) is 16.5. The van der Waals surface area contributed by atoms with Crippen molar-refractivity contribution in [3.05, 3.63) is 78.6 Å². The summed E-state index contributed by atoms with van der Waals surface area (Å²) in [6.07, 6.45) is 3.12. The van der Waals surface area contributed by atoms with Gasteiger partial charge in [0.1, 0.15) is 5.75 Å². The van der Waals surface area contributed by atoms with E-state index in [9.17, 15) is 9.90 Å². The highest BCUT2D eigenvalue weighted by Gasteiger charge is 2.11. The van der Waals surface area contributed by atoms with Gasteiger partial charge < -0.3 is 14.8 Å². The van der Waals surface area contributed by atoms with Crippen molar-refractivity contribution in [1.29, 1.82) is 0 Å². The van der Waals surface area contributed by atoms with Crippen LogP contribution in [0.5, 0.6) is 5.75 Å². The van der Waals surface area contributed by atoms with Gasteiger partial charge in [-0.1, -0.05) is 0 Å². The molecule has 4 rings (SSSR count). The van der Waals surface area contributed by atoms with Crippen LogP contribution in [0.25, 0.3) is 22.9 Å². The van der Waals surface area contributed by atoms with Crippen molar-refractivity contribution in [3.8, 4) is 28.7 Å². The molecule has 4 aromatic rings. The van der Waals surface area contributed by atoms with Crippen LogP contribution in [0.3, 0.4) is 0 Å².